The van der Waals surface area contributed by atoms with Gasteiger partial charge in [0.2, 0.25) is 0 Å². The summed E-state index contributed by atoms with van der Waals surface area (Å²) >= 11 is 6.73. The van der Waals surface area contributed by atoms with Gasteiger partial charge in [0, 0.05) is 29.6 Å². The molecule has 1 aliphatic carbocycles. The number of nitro benzene ring substituents is 1. The lowest BCUT2D eigenvalue weighted by atomic mass is 9.88. The van der Waals surface area contributed by atoms with Crippen molar-refractivity contribution >= 4 is 56.9 Å². The number of nitrogens with one attached hydrogen (secondary N) is 2. The molecule has 2 aromatic rings. The number of anilines is 2. The number of hydrogen-bond donors (Lipinski definition) is 3. The molecule has 1 aromatic heterocycles. The van der Waals surface area contributed by atoms with Gasteiger partial charge in [-0.05, 0) is 74.4 Å². The van der Waals surface area contributed by atoms with Gasteiger partial charge in [-0.1, -0.05) is 6.92 Å². The van der Waals surface area contributed by atoms with Crippen LogP contribution in [0.1, 0.15) is 63.8 Å². The van der Waals surface area contributed by atoms with Crippen molar-refractivity contribution in [1.82, 2.24) is 5.32 Å². The molecular weight excluding hydrogens is 474 g/mol. The van der Waals surface area contributed by atoms with Crippen molar-refractivity contribution in [3.63, 3.8) is 0 Å². The number of benzene rings is 1. The Kier molecular flexibility index (Phi) is 7.13. The summed E-state index contributed by atoms with van der Waals surface area (Å²) in [5.41, 5.74) is 7.56. The number of primary amides is 1. The highest BCUT2D eigenvalue weighted by Gasteiger charge is 2.27. The van der Waals surface area contributed by atoms with E-state index in [9.17, 15) is 19.7 Å². The number of nitrogens with two attached hydrogens (primary N) is 1. The summed E-state index contributed by atoms with van der Waals surface area (Å²) in [5, 5.41) is 17.7. The lowest BCUT2D eigenvalue weighted by Crippen LogP contribution is -2.34. The quantitative estimate of drug-likeness (QED) is 0.321. The van der Waals surface area contributed by atoms with Gasteiger partial charge in [-0.15, -0.1) is 11.3 Å². The fraction of sp³-hybridized carbons (Fsp3) is 0.435. The summed E-state index contributed by atoms with van der Waals surface area (Å²) in [6.07, 6.45) is 5.71. The summed E-state index contributed by atoms with van der Waals surface area (Å²) in [7, 11) is 0. The molecule has 9 nitrogen and oxygen atoms in total. The van der Waals surface area contributed by atoms with E-state index >= 15 is 0 Å². The van der Waals surface area contributed by atoms with Gasteiger partial charge in [0.25, 0.3) is 17.5 Å². The molecular formula is C23H27N5O4S2. The number of fused-ring (bicyclic) bond motifs is 1. The normalized spacial score (nSPS) is 17.6. The van der Waals surface area contributed by atoms with Crippen LogP contribution >= 0.6 is 23.6 Å². The van der Waals surface area contributed by atoms with Crippen LogP contribution in [0, 0.1) is 16.0 Å². The Morgan fingerprint density at radius 3 is 2.68 bits per heavy atom. The topological polar surface area (TPSA) is 131 Å². The van der Waals surface area contributed by atoms with E-state index in [1.165, 1.54) is 17.4 Å². The lowest BCUT2D eigenvalue weighted by Gasteiger charge is -2.28. The van der Waals surface area contributed by atoms with Crippen molar-refractivity contribution in [1.29, 1.82) is 0 Å². The Morgan fingerprint density at radius 1 is 1.26 bits per heavy atom. The Balaban J connectivity index is 1.50. The standard InChI is InChI=1S/C23H27N5O4S2/c1-13-5-7-15-18(11-13)34-22(19(15)20(24)29)26-23(33)25-21(30)14-6-8-16(17(12-14)28(31)32)27-9-3-2-4-10-27/h6,8,12-13H,2-5,7,9-11H2,1H3,(H2,24,29)(H2,25,26,30,33). The largest absolute Gasteiger partial charge is 0.366 e. The van der Waals surface area contributed by atoms with E-state index < -0.39 is 16.7 Å². The first-order chi connectivity index (χ1) is 16.2. The molecule has 4 N–H and O–H groups in total. The van der Waals surface area contributed by atoms with Crippen molar-refractivity contribution < 1.29 is 14.5 Å². The third kappa shape index (κ3) is 5.05. The molecule has 2 amide bonds. The Hall–Kier alpha value is -3.05. The first-order valence-corrected chi connectivity index (χ1v) is 12.6. The summed E-state index contributed by atoms with van der Waals surface area (Å²) in [5.74, 6) is -0.580. The monoisotopic (exact) mass is 501 g/mol. The second-order valence-corrected chi connectivity index (χ2v) is 10.4. The number of carbonyl (C=O) groups is 2. The predicted octanol–water partition coefficient (Wildman–Crippen LogP) is 4.00. The highest BCUT2D eigenvalue weighted by atomic mass is 32.1. The Labute approximate surface area is 206 Å². The number of nitrogens with zero attached hydrogens (tertiary/aromatic N) is 2. The predicted molar refractivity (Wildman–Crippen MR) is 137 cm³/mol. The van der Waals surface area contributed by atoms with Gasteiger partial charge in [-0.3, -0.25) is 25.0 Å². The van der Waals surface area contributed by atoms with E-state index in [4.69, 9.17) is 18.0 Å². The van der Waals surface area contributed by atoms with E-state index in [1.54, 1.807) is 12.1 Å². The Morgan fingerprint density at radius 2 is 2.00 bits per heavy atom. The molecule has 1 unspecified atom stereocenters. The van der Waals surface area contributed by atoms with E-state index in [0.29, 0.717) is 22.2 Å². The molecule has 1 atom stereocenters. The van der Waals surface area contributed by atoms with Gasteiger partial charge < -0.3 is 16.0 Å². The van der Waals surface area contributed by atoms with Crippen LogP contribution in [-0.2, 0) is 12.8 Å². The van der Waals surface area contributed by atoms with Crippen LogP contribution in [0.3, 0.4) is 0 Å². The molecule has 1 aliphatic heterocycles. The highest BCUT2D eigenvalue weighted by Crippen LogP contribution is 2.39. The number of carbonyl (C=O) groups excluding carboxylic acids is 2. The first-order valence-electron chi connectivity index (χ1n) is 11.3. The minimum atomic E-state index is -0.568. The van der Waals surface area contributed by atoms with Crippen LogP contribution in [-0.4, -0.2) is 34.9 Å². The van der Waals surface area contributed by atoms with Gasteiger partial charge in [-0.25, -0.2) is 0 Å². The molecule has 0 saturated carbocycles. The third-order valence-electron chi connectivity index (χ3n) is 6.34. The summed E-state index contributed by atoms with van der Waals surface area (Å²) in [6, 6.07) is 4.46. The van der Waals surface area contributed by atoms with Crippen LogP contribution < -0.4 is 21.3 Å². The summed E-state index contributed by atoms with van der Waals surface area (Å²) in [6.45, 7) is 3.68. The number of thiocarbonyl (C=S) groups is 1. The zero-order valence-electron chi connectivity index (χ0n) is 18.9. The van der Waals surface area contributed by atoms with Crippen molar-refractivity contribution in [2.24, 2.45) is 11.7 Å². The van der Waals surface area contributed by atoms with Crippen LogP contribution in [0.4, 0.5) is 16.4 Å². The highest BCUT2D eigenvalue weighted by molar-refractivity contribution is 7.80. The van der Waals surface area contributed by atoms with Gasteiger partial charge in [0.15, 0.2) is 5.11 Å². The molecule has 1 aromatic carbocycles. The van der Waals surface area contributed by atoms with Gasteiger partial charge in [-0.2, -0.15) is 0 Å². The number of piperidine rings is 1. The van der Waals surface area contributed by atoms with Crippen molar-refractivity contribution in [3.8, 4) is 0 Å². The average molecular weight is 502 g/mol. The second kappa shape index (κ2) is 10.1. The smallest absolute Gasteiger partial charge is 0.293 e. The summed E-state index contributed by atoms with van der Waals surface area (Å²) < 4.78 is 0. The van der Waals surface area contributed by atoms with Crippen molar-refractivity contribution in [2.45, 2.75) is 45.4 Å². The van der Waals surface area contributed by atoms with Crippen molar-refractivity contribution in [3.05, 3.63) is 49.9 Å². The van der Waals surface area contributed by atoms with E-state index in [1.807, 2.05) is 4.90 Å². The molecule has 0 spiro atoms. The number of rotatable bonds is 5. The number of hydrogen-bond acceptors (Lipinski definition) is 7. The maximum Gasteiger partial charge on any atom is 0.293 e. The second-order valence-electron chi connectivity index (χ2n) is 8.84. The van der Waals surface area contributed by atoms with Crippen molar-refractivity contribution in [2.75, 3.05) is 23.3 Å². The molecule has 1 fully saturated rings. The van der Waals surface area contributed by atoms with Crippen LogP contribution in [0.5, 0.6) is 0 Å². The summed E-state index contributed by atoms with van der Waals surface area (Å²) in [4.78, 5) is 39.2. The molecule has 0 radical (unpaired) electrons. The molecule has 4 rings (SSSR count). The van der Waals surface area contributed by atoms with E-state index in [2.05, 4.69) is 17.6 Å². The maximum absolute atomic E-state index is 12.8. The molecule has 11 heteroatoms. The van der Waals surface area contributed by atoms with Crippen LogP contribution in [0.15, 0.2) is 18.2 Å². The van der Waals surface area contributed by atoms with Gasteiger partial charge in [0.05, 0.1) is 10.5 Å². The number of amides is 2. The lowest BCUT2D eigenvalue weighted by molar-refractivity contribution is -0.384. The molecule has 0 bridgehead atoms. The minimum Gasteiger partial charge on any atom is -0.366 e. The van der Waals surface area contributed by atoms with Gasteiger partial charge >= 0.3 is 0 Å². The molecule has 34 heavy (non-hydrogen) atoms. The average Bonchev–Trinajstić information content (AvgIpc) is 3.15. The van der Waals surface area contributed by atoms with E-state index in [-0.39, 0.29) is 16.4 Å². The number of thiophene rings is 1. The fourth-order valence-electron chi connectivity index (χ4n) is 4.62. The van der Waals surface area contributed by atoms with Crippen LogP contribution in [0.25, 0.3) is 0 Å². The molecule has 1 saturated heterocycles. The van der Waals surface area contributed by atoms with Crippen LogP contribution in [0.2, 0.25) is 0 Å². The van der Waals surface area contributed by atoms with Gasteiger partial charge in [0.1, 0.15) is 10.7 Å². The zero-order valence-corrected chi connectivity index (χ0v) is 20.5. The Bertz CT molecular complexity index is 1160. The molecule has 2 heterocycles. The first kappa shape index (κ1) is 24.1. The third-order valence-corrected chi connectivity index (χ3v) is 7.72. The molecule has 2 aliphatic rings. The number of nitro groups is 1. The molecule has 180 valence electrons. The SMILES string of the molecule is CC1CCc2c(sc(NC(=S)NC(=O)c3ccc(N4CCCCC4)c([N+](=O)[O-])c3)c2C(N)=O)C1. The fourth-order valence-corrected chi connectivity index (χ4v) is 6.30. The minimum absolute atomic E-state index is 0.00176. The zero-order chi connectivity index (χ0) is 24.4. The maximum atomic E-state index is 12.8. The van der Waals surface area contributed by atoms with E-state index in [0.717, 1.165) is 62.1 Å².